The van der Waals surface area contributed by atoms with Gasteiger partial charge in [0.05, 0.1) is 19.6 Å². The summed E-state index contributed by atoms with van der Waals surface area (Å²) in [6.45, 7) is 8.73. The maximum Gasteiger partial charge on any atom is 0.228 e. The lowest BCUT2D eigenvalue weighted by atomic mass is 9.91. The number of rotatable bonds is 5. The predicted octanol–water partition coefficient (Wildman–Crippen LogP) is 3.77. The third kappa shape index (κ3) is 5.88. The van der Waals surface area contributed by atoms with Crippen molar-refractivity contribution < 1.29 is 19.1 Å². The van der Waals surface area contributed by atoms with E-state index < -0.39 is 11.0 Å². The quantitative estimate of drug-likeness (QED) is 0.705. The van der Waals surface area contributed by atoms with Gasteiger partial charge in [0.1, 0.15) is 18.0 Å². The SMILES string of the molecule is CC(C)(C)C(=O)N1CCO[C@@](COc2cccc(Cl)c2)(CC(=O)N2CCCCC2)C1. The Morgan fingerprint density at radius 1 is 1.13 bits per heavy atom. The van der Waals surface area contributed by atoms with E-state index in [4.69, 9.17) is 21.1 Å². The van der Waals surface area contributed by atoms with Crippen LogP contribution in [0.2, 0.25) is 5.02 Å². The lowest BCUT2D eigenvalue weighted by molar-refractivity contribution is -0.170. The number of piperidine rings is 1. The van der Waals surface area contributed by atoms with E-state index in [9.17, 15) is 9.59 Å². The fourth-order valence-corrected chi connectivity index (χ4v) is 4.22. The molecule has 0 bridgehead atoms. The van der Waals surface area contributed by atoms with E-state index in [0.29, 0.717) is 30.5 Å². The van der Waals surface area contributed by atoms with Gasteiger partial charge in [-0.25, -0.2) is 0 Å². The van der Waals surface area contributed by atoms with Crippen molar-refractivity contribution in [3.8, 4) is 5.75 Å². The molecule has 0 unspecified atom stereocenters. The molecule has 0 N–H and O–H groups in total. The zero-order valence-electron chi connectivity index (χ0n) is 18.3. The second-order valence-electron chi connectivity index (χ2n) is 9.37. The lowest BCUT2D eigenvalue weighted by Gasteiger charge is -2.44. The number of carbonyl (C=O) groups excluding carboxylic acids is 2. The number of benzene rings is 1. The zero-order chi connectivity index (χ0) is 21.8. The second-order valence-corrected chi connectivity index (χ2v) is 9.81. The number of likely N-dealkylation sites (tertiary alicyclic amines) is 1. The molecule has 2 aliphatic rings. The fraction of sp³-hybridized carbons (Fsp3) is 0.652. The van der Waals surface area contributed by atoms with Crippen LogP contribution in [0.25, 0.3) is 0 Å². The Bertz CT molecular complexity index is 758. The average molecular weight is 437 g/mol. The number of amides is 2. The van der Waals surface area contributed by atoms with Crippen LogP contribution in [0, 0.1) is 5.41 Å². The molecule has 0 aliphatic carbocycles. The fourth-order valence-electron chi connectivity index (χ4n) is 4.04. The van der Waals surface area contributed by atoms with Gasteiger partial charge in [0.15, 0.2) is 0 Å². The van der Waals surface area contributed by atoms with Gasteiger partial charge in [0.2, 0.25) is 11.8 Å². The van der Waals surface area contributed by atoms with Crippen molar-refractivity contribution in [2.45, 2.75) is 52.1 Å². The number of morpholine rings is 1. The second kappa shape index (κ2) is 9.56. The number of hydrogen-bond donors (Lipinski definition) is 0. The molecule has 2 fully saturated rings. The molecule has 6 nitrogen and oxygen atoms in total. The number of halogens is 1. The predicted molar refractivity (Wildman–Crippen MR) is 117 cm³/mol. The van der Waals surface area contributed by atoms with Gasteiger partial charge in [-0.3, -0.25) is 9.59 Å². The summed E-state index contributed by atoms with van der Waals surface area (Å²) in [5.41, 5.74) is -1.37. The van der Waals surface area contributed by atoms with E-state index in [2.05, 4.69) is 0 Å². The number of ether oxygens (including phenoxy) is 2. The molecule has 0 radical (unpaired) electrons. The molecule has 1 atom stereocenters. The van der Waals surface area contributed by atoms with Crippen LogP contribution < -0.4 is 4.74 Å². The van der Waals surface area contributed by atoms with E-state index >= 15 is 0 Å². The van der Waals surface area contributed by atoms with Gasteiger partial charge in [-0.1, -0.05) is 38.4 Å². The molecule has 7 heteroatoms. The Hall–Kier alpha value is -1.79. The van der Waals surface area contributed by atoms with Crippen molar-refractivity contribution in [2.75, 3.05) is 39.4 Å². The van der Waals surface area contributed by atoms with Gasteiger partial charge in [-0.15, -0.1) is 0 Å². The van der Waals surface area contributed by atoms with E-state index in [1.807, 2.05) is 42.7 Å². The minimum atomic E-state index is -0.879. The van der Waals surface area contributed by atoms with Gasteiger partial charge in [0, 0.05) is 30.1 Å². The summed E-state index contributed by atoms with van der Waals surface area (Å²) in [6, 6.07) is 7.17. The standard InChI is InChI=1S/C23H33ClN2O4/c1-22(2,3)21(28)26-12-13-30-23(16-26,15-20(27)25-10-5-4-6-11-25)17-29-19-9-7-8-18(24)14-19/h7-9,14H,4-6,10-13,15-17H2,1-3H3/t23-/m0/s1. The van der Waals surface area contributed by atoms with Crippen molar-refractivity contribution in [1.82, 2.24) is 9.80 Å². The summed E-state index contributed by atoms with van der Waals surface area (Å²) < 4.78 is 12.2. The summed E-state index contributed by atoms with van der Waals surface area (Å²) in [6.07, 6.45) is 3.43. The van der Waals surface area contributed by atoms with Crippen molar-refractivity contribution in [2.24, 2.45) is 5.41 Å². The maximum absolute atomic E-state index is 13.1. The van der Waals surface area contributed by atoms with E-state index in [0.717, 1.165) is 32.4 Å². The molecular formula is C23H33ClN2O4. The van der Waals surface area contributed by atoms with Gasteiger partial charge >= 0.3 is 0 Å². The summed E-state index contributed by atoms with van der Waals surface area (Å²) in [5.74, 6) is 0.743. The van der Waals surface area contributed by atoms with Crippen LogP contribution in [0.4, 0.5) is 0 Å². The minimum absolute atomic E-state index is 0.0587. The Kier molecular flexibility index (Phi) is 7.30. The molecule has 0 saturated carbocycles. The van der Waals surface area contributed by atoms with Crippen LogP contribution in [0.5, 0.6) is 5.75 Å². The summed E-state index contributed by atoms with van der Waals surface area (Å²) in [5, 5.41) is 0.583. The number of hydrogen-bond acceptors (Lipinski definition) is 4. The number of carbonyl (C=O) groups is 2. The molecular weight excluding hydrogens is 404 g/mol. The van der Waals surface area contributed by atoms with Crippen molar-refractivity contribution in [3.63, 3.8) is 0 Å². The van der Waals surface area contributed by atoms with Gasteiger partial charge in [-0.05, 0) is 37.5 Å². The highest BCUT2D eigenvalue weighted by molar-refractivity contribution is 6.30. The Labute approximate surface area is 184 Å². The van der Waals surface area contributed by atoms with Crippen LogP contribution in [-0.4, -0.2) is 66.6 Å². The summed E-state index contributed by atoms with van der Waals surface area (Å²) in [7, 11) is 0. The molecule has 2 saturated heterocycles. The highest BCUT2D eigenvalue weighted by Gasteiger charge is 2.43. The first-order valence-corrected chi connectivity index (χ1v) is 11.2. The third-order valence-corrected chi connectivity index (χ3v) is 5.89. The molecule has 30 heavy (non-hydrogen) atoms. The van der Waals surface area contributed by atoms with Crippen LogP contribution in [0.15, 0.2) is 24.3 Å². The molecule has 0 spiro atoms. The highest BCUT2D eigenvalue weighted by Crippen LogP contribution is 2.29. The number of nitrogens with zero attached hydrogens (tertiary/aromatic N) is 2. The topological polar surface area (TPSA) is 59.1 Å². The average Bonchev–Trinajstić information content (AvgIpc) is 2.72. The molecule has 166 valence electrons. The Balaban J connectivity index is 1.78. The smallest absolute Gasteiger partial charge is 0.228 e. The molecule has 0 aromatic heterocycles. The highest BCUT2D eigenvalue weighted by atomic mass is 35.5. The Morgan fingerprint density at radius 2 is 1.87 bits per heavy atom. The maximum atomic E-state index is 13.1. The lowest BCUT2D eigenvalue weighted by Crippen LogP contribution is -2.60. The zero-order valence-corrected chi connectivity index (χ0v) is 19.0. The molecule has 1 aromatic rings. The first-order chi connectivity index (χ1) is 14.2. The summed E-state index contributed by atoms with van der Waals surface area (Å²) >= 11 is 6.08. The monoisotopic (exact) mass is 436 g/mol. The summed E-state index contributed by atoms with van der Waals surface area (Å²) in [4.78, 5) is 29.7. The van der Waals surface area contributed by atoms with Crippen LogP contribution in [0.1, 0.15) is 46.5 Å². The largest absolute Gasteiger partial charge is 0.490 e. The molecule has 2 heterocycles. The van der Waals surface area contributed by atoms with E-state index in [-0.39, 0.29) is 24.8 Å². The first kappa shape index (κ1) is 22.9. The van der Waals surface area contributed by atoms with Crippen molar-refractivity contribution >= 4 is 23.4 Å². The molecule has 2 aliphatic heterocycles. The first-order valence-electron chi connectivity index (χ1n) is 10.8. The minimum Gasteiger partial charge on any atom is -0.490 e. The third-order valence-electron chi connectivity index (χ3n) is 5.66. The van der Waals surface area contributed by atoms with Gasteiger partial charge < -0.3 is 19.3 Å². The van der Waals surface area contributed by atoms with Gasteiger partial charge in [-0.2, -0.15) is 0 Å². The van der Waals surface area contributed by atoms with E-state index in [1.165, 1.54) is 0 Å². The Morgan fingerprint density at radius 3 is 2.53 bits per heavy atom. The van der Waals surface area contributed by atoms with Crippen LogP contribution >= 0.6 is 11.6 Å². The molecule has 3 rings (SSSR count). The van der Waals surface area contributed by atoms with Crippen LogP contribution in [-0.2, 0) is 14.3 Å². The van der Waals surface area contributed by atoms with E-state index in [1.54, 1.807) is 12.1 Å². The van der Waals surface area contributed by atoms with Crippen molar-refractivity contribution in [3.05, 3.63) is 29.3 Å². The normalized spacial score (nSPS) is 22.7. The van der Waals surface area contributed by atoms with Crippen molar-refractivity contribution in [1.29, 1.82) is 0 Å². The van der Waals surface area contributed by atoms with Gasteiger partial charge in [0.25, 0.3) is 0 Å². The van der Waals surface area contributed by atoms with Crippen LogP contribution in [0.3, 0.4) is 0 Å². The molecule has 1 aromatic carbocycles. The molecule has 2 amide bonds.